The van der Waals surface area contributed by atoms with Gasteiger partial charge in [-0.25, -0.2) is 22.7 Å². The highest BCUT2D eigenvalue weighted by Gasteiger charge is 2.11. The lowest BCUT2D eigenvalue weighted by molar-refractivity contribution is -0.143. The fourth-order valence-corrected chi connectivity index (χ4v) is 1.98. The Bertz CT molecular complexity index is 448. The summed E-state index contributed by atoms with van der Waals surface area (Å²) in [5, 5.41) is 12.3. The van der Waals surface area contributed by atoms with Crippen LogP contribution in [0, 0.1) is 0 Å². The van der Waals surface area contributed by atoms with Crippen molar-refractivity contribution < 1.29 is 32.6 Å². The highest BCUT2D eigenvalue weighted by Crippen LogP contribution is 1.82. The van der Waals surface area contributed by atoms with Crippen molar-refractivity contribution in [3.63, 3.8) is 0 Å². The molecule has 0 bridgehead atoms. The van der Waals surface area contributed by atoms with Gasteiger partial charge < -0.3 is 15.2 Å². The number of amides is 3. The number of sulfonamides is 1. The lowest BCUT2D eigenvalue weighted by atomic mass is 10.6. The van der Waals surface area contributed by atoms with Gasteiger partial charge in [-0.15, -0.1) is 0 Å². The van der Waals surface area contributed by atoms with Crippen molar-refractivity contribution in [2.24, 2.45) is 0 Å². The van der Waals surface area contributed by atoms with Crippen molar-refractivity contribution in [2.45, 2.75) is 6.92 Å². The largest absolute Gasteiger partial charge is 0.480 e. The molecule has 11 heteroatoms. The maximum Gasteiger partial charge on any atom is 0.329 e. The molecule has 4 N–H and O–H groups in total. The van der Waals surface area contributed by atoms with Crippen LogP contribution in [0.1, 0.15) is 6.92 Å². The molecule has 0 aromatic carbocycles. The molecule has 3 amide bonds. The Kier molecular flexibility index (Phi) is 8.43. The monoisotopic (exact) mass is 311 g/mol. The molecule has 0 saturated heterocycles. The second kappa shape index (κ2) is 9.23. The minimum atomic E-state index is -3.45. The fraction of sp³-hybridized carbons (Fsp3) is 0.667. The van der Waals surface area contributed by atoms with E-state index in [1.165, 1.54) is 0 Å². The molecule has 0 radical (unpaired) electrons. The third-order valence-electron chi connectivity index (χ3n) is 1.73. The summed E-state index contributed by atoms with van der Waals surface area (Å²) in [6.07, 6.45) is 0. The molecule has 20 heavy (non-hydrogen) atoms. The number of hydrogen-bond acceptors (Lipinski definition) is 6. The van der Waals surface area contributed by atoms with E-state index in [0.29, 0.717) is 0 Å². The van der Waals surface area contributed by atoms with Crippen LogP contribution in [0.25, 0.3) is 0 Å². The summed E-state index contributed by atoms with van der Waals surface area (Å²) >= 11 is 0. The number of nitrogens with one attached hydrogen (secondary N) is 3. The molecule has 0 aromatic heterocycles. The molecule has 0 aromatic rings. The summed E-state index contributed by atoms with van der Waals surface area (Å²) in [5.41, 5.74) is 0. The maximum atomic E-state index is 11.2. The number of aliphatic carboxylic acids is 1. The smallest absolute Gasteiger partial charge is 0.329 e. The predicted molar refractivity (Wildman–Crippen MR) is 67.5 cm³/mol. The van der Waals surface area contributed by atoms with Gasteiger partial charge in [0, 0.05) is 13.1 Å². The van der Waals surface area contributed by atoms with Crippen LogP contribution in [0.15, 0.2) is 0 Å². The Morgan fingerprint density at radius 3 is 2.40 bits per heavy atom. The molecule has 10 nitrogen and oxygen atoms in total. The molecule has 0 rings (SSSR count). The predicted octanol–water partition coefficient (Wildman–Crippen LogP) is -2.15. The van der Waals surface area contributed by atoms with E-state index in [0.717, 1.165) is 0 Å². The van der Waals surface area contributed by atoms with Crippen molar-refractivity contribution in [3.05, 3.63) is 0 Å². The van der Waals surface area contributed by atoms with Gasteiger partial charge in [0.1, 0.15) is 13.2 Å². The Morgan fingerprint density at radius 2 is 1.85 bits per heavy atom. The standard InChI is InChI=1S/C9H17N3O7S/c1-2-11-20(17,18)4-3-10-9(16)12-7(13)5-19-6-8(14)15/h11H,2-6H2,1H3,(H,14,15)(H2,10,12,13,16). The highest BCUT2D eigenvalue weighted by molar-refractivity contribution is 7.89. The number of carbonyl (C=O) groups is 3. The minimum absolute atomic E-state index is 0.176. The normalized spacial score (nSPS) is 10.8. The van der Waals surface area contributed by atoms with Crippen LogP contribution < -0.4 is 15.4 Å². The number of carboxylic acid groups (broad SMARTS) is 1. The maximum absolute atomic E-state index is 11.2. The lowest BCUT2D eigenvalue weighted by Crippen LogP contribution is -2.43. The van der Waals surface area contributed by atoms with Gasteiger partial charge in [-0.2, -0.15) is 0 Å². The van der Waals surface area contributed by atoms with E-state index in [2.05, 4.69) is 14.8 Å². The topological polar surface area (TPSA) is 151 Å². The summed E-state index contributed by atoms with van der Waals surface area (Å²) in [6, 6.07) is -0.888. The summed E-state index contributed by atoms with van der Waals surface area (Å²) in [5.74, 6) is -2.40. The van der Waals surface area contributed by atoms with E-state index in [1.807, 2.05) is 5.32 Å². The third kappa shape index (κ3) is 10.2. The lowest BCUT2D eigenvalue weighted by Gasteiger charge is -2.07. The molecular formula is C9H17N3O7S. The van der Waals surface area contributed by atoms with Gasteiger partial charge >= 0.3 is 12.0 Å². The van der Waals surface area contributed by atoms with Gasteiger partial charge in [-0.1, -0.05) is 6.92 Å². The first-order valence-electron chi connectivity index (χ1n) is 5.61. The first-order chi connectivity index (χ1) is 9.26. The summed E-state index contributed by atoms with van der Waals surface area (Å²) in [4.78, 5) is 32.3. The quantitative estimate of drug-likeness (QED) is 0.379. The summed E-state index contributed by atoms with van der Waals surface area (Å²) in [6.45, 7) is 0.442. The Balaban J connectivity index is 3.83. The molecule has 116 valence electrons. The van der Waals surface area contributed by atoms with Gasteiger partial charge in [-0.3, -0.25) is 10.1 Å². The van der Waals surface area contributed by atoms with Crippen molar-refractivity contribution in [1.29, 1.82) is 0 Å². The van der Waals surface area contributed by atoms with E-state index in [1.54, 1.807) is 6.92 Å². The molecule has 0 atom stereocenters. The number of ether oxygens (including phenoxy) is 1. The molecule has 0 heterocycles. The second-order valence-electron chi connectivity index (χ2n) is 3.51. The zero-order valence-corrected chi connectivity index (χ0v) is 11.7. The zero-order valence-electron chi connectivity index (χ0n) is 10.8. The summed E-state index contributed by atoms with van der Waals surface area (Å²) < 4.78 is 29.1. The van der Waals surface area contributed by atoms with Crippen LogP contribution in [-0.4, -0.2) is 63.5 Å². The van der Waals surface area contributed by atoms with Crippen LogP contribution >= 0.6 is 0 Å². The molecule has 0 unspecified atom stereocenters. The van der Waals surface area contributed by atoms with E-state index < -0.39 is 41.1 Å². The summed E-state index contributed by atoms with van der Waals surface area (Å²) in [7, 11) is -3.45. The molecule has 0 aliphatic rings. The third-order valence-corrected chi connectivity index (χ3v) is 3.20. The van der Waals surface area contributed by atoms with E-state index in [-0.39, 0.29) is 18.8 Å². The van der Waals surface area contributed by atoms with Crippen LogP contribution in [0.4, 0.5) is 4.79 Å². The van der Waals surface area contributed by atoms with Crippen LogP contribution in [0.2, 0.25) is 0 Å². The molecule has 0 saturated carbocycles. The SMILES string of the molecule is CCNS(=O)(=O)CCNC(=O)NC(=O)COCC(=O)O. The first-order valence-corrected chi connectivity index (χ1v) is 7.26. The van der Waals surface area contributed by atoms with Crippen molar-refractivity contribution in [3.8, 4) is 0 Å². The second-order valence-corrected chi connectivity index (χ2v) is 5.43. The van der Waals surface area contributed by atoms with Crippen LogP contribution in [0.3, 0.4) is 0 Å². The number of carbonyl (C=O) groups excluding carboxylic acids is 2. The first kappa shape index (κ1) is 18.3. The minimum Gasteiger partial charge on any atom is -0.480 e. The molecule has 0 spiro atoms. The van der Waals surface area contributed by atoms with Crippen LogP contribution in [-0.2, 0) is 24.3 Å². The van der Waals surface area contributed by atoms with Crippen LogP contribution in [0.5, 0.6) is 0 Å². The van der Waals surface area contributed by atoms with E-state index in [9.17, 15) is 22.8 Å². The number of hydrogen-bond donors (Lipinski definition) is 4. The van der Waals surface area contributed by atoms with Gasteiger partial charge in [0.05, 0.1) is 5.75 Å². The van der Waals surface area contributed by atoms with Crippen molar-refractivity contribution in [2.75, 3.05) is 32.1 Å². The van der Waals surface area contributed by atoms with Gasteiger partial charge in [0.25, 0.3) is 5.91 Å². The molecule has 0 fully saturated rings. The Labute approximate surface area is 115 Å². The number of rotatable bonds is 9. The zero-order chi connectivity index (χ0) is 15.6. The van der Waals surface area contributed by atoms with Gasteiger partial charge in [0.15, 0.2) is 0 Å². The van der Waals surface area contributed by atoms with Gasteiger partial charge in [0.2, 0.25) is 10.0 Å². The average molecular weight is 311 g/mol. The van der Waals surface area contributed by atoms with Gasteiger partial charge in [-0.05, 0) is 0 Å². The molecule has 0 aliphatic carbocycles. The molecule has 0 aliphatic heterocycles. The average Bonchev–Trinajstić information content (AvgIpc) is 2.27. The Morgan fingerprint density at radius 1 is 1.20 bits per heavy atom. The number of imide groups is 1. The van der Waals surface area contributed by atoms with E-state index >= 15 is 0 Å². The number of urea groups is 1. The fourth-order valence-electron chi connectivity index (χ4n) is 1.03. The Hall–Kier alpha value is -1.72. The van der Waals surface area contributed by atoms with Crippen molar-refractivity contribution in [1.82, 2.24) is 15.4 Å². The highest BCUT2D eigenvalue weighted by atomic mass is 32.2. The number of carboxylic acids is 1. The molecular weight excluding hydrogens is 294 g/mol. The van der Waals surface area contributed by atoms with E-state index in [4.69, 9.17) is 5.11 Å². The van der Waals surface area contributed by atoms with Crippen molar-refractivity contribution >= 4 is 27.9 Å².